The fourth-order valence-corrected chi connectivity index (χ4v) is 2.91. The Morgan fingerprint density at radius 2 is 1.61 bits per heavy atom. The summed E-state index contributed by atoms with van der Waals surface area (Å²) in [5.41, 5.74) is -0.149. The Balaban J connectivity index is 2.63. The van der Waals surface area contributed by atoms with Crippen LogP contribution in [0.3, 0.4) is 0 Å². The smallest absolute Gasteiger partial charge is 0.410 e. The molecule has 4 heteroatoms. The molecule has 0 aromatic carbocycles. The number of ether oxygens (including phenoxy) is 1. The maximum Gasteiger partial charge on any atom is 0.410 e. The quantitative estimate of drug-likeness (QED) is 0.708. The van der Waals surface area contributed by atoms with E-state index < -0.39 is 5.60 Å². The van der Waals surface area contributed by atoms with E-state index in [1.165, 1.54) is 32.1 Å². The molecule has 1 saturated heterocycles. The monoisotopic (exact) mass is 326 g/mol. The second-order valence-corrected chi connectivity index (χ2v) is 8.65. The highest BCUT2D eigenvalue weighted by molar-refractivity contribution is 5.68. The van der Waals surface area contributed by atoms with Crippen LogP contribution >= 0.6 is 0 Å². The highest BCUT2D eigenvalue weighted by Gasteiger charge is 2.25. The van der Waals surface area contributed by atoms with Crippen LogP contribution < -0.4 is 5.32 Å². The van der Waals surface area contributed by atoms with Crippen molar-refractivity contribution in [3.63, 3.8) is 0 Å². The van der Waals surface area contributed by atoms with E-state index in [2.05, 4.69) is 19.2 Å². The van der Waals surface area contributed by atoms with Crippen molar-refractivity contribution < 1.29 is 9.53 Å². The molecular formula is C19H38N2O2. The molecule has 23 heavy (non-hydrogen) atoms. The normalized spacial score (nSPS) is 22.2. The molecule has 1 fully saturated rings. The SMILES string of the molecule is CC1(C)CCCNCCCCCCN(C(=O)OC(C)(C)C)CC1. The van der Waals surface area contributed by atoms with Gasteiger partial charge in [-0.2, -0.15) is 0 Å². The first-order chi connectivity index (χ1) is 10.7. The first kappa shape index (κ1) is 20.3. The van der Waals surface area contributed by atoms with Crippen molar-refractivity contribution in [2.45, 2.75) is 85.2 Å². The molecule has 1 heterocycles. The van der Waals surface area contributed by atoms with Crippen molar-refractivity contribution in [1.82, 2.24) is 10.2 Å². The van der Waals surface area contributed by atoms with E-state index in [1.807, 2.05) is 25.7 Å². The number of nitrogens with zero attached hydrogens (tertiary/aromatic N) is 1. The molecule has 0 aromatic heterocycles. The Hall–Kier alpha value is -0.770. The predicted octanol–water partition coefficient (Wildman–Crippen LogP) is 4.58. The van der Waals surface area contributed by atoms with Gasteiger partial charge in [-0.25, -0.2) is 4.79 Å². The molecule has 1 N–H and O–H groups in total. The van der Waals surface area contributed by atoms with Gasteiger partial charge in [-0.05, 0) is 71.4 Å². The number of carbonyl (C=O) groups is 1. The maximum atomic E-state index is 12.5. The van der Waals surface area contributed by atoms with Crippen LogP contribution in [0, 0.1) is 5.41 Å². The highest BCUT2D eigenvalue weighted by Crippen LogP contribution is 2.27. The summed E-state index contributed by atoms with van der Waals surface area (Å²) < 4.78 is 5.59. The number of carbonyl (C=O) groups excluding carboxylic acids is 1. The fraction of sp³-hybridized carbons (Fsp3) is 0.947. The Bertz CT molecular complexity index is 348. The highest BCUT2D eigenvalue weighted by atomic mass is 16.6. The van der Waals surface area contributed by atoms with Gasteiger partial charge in [0.25, 0.3) is 0 Å². The van der Waals surface area contributed by atoms with Crippen molar-refractivity contribution in [2.75, 3.05) is 26.2 Å². The average Bonchev–Trinajstić information content (AvgIpc) is 2.41. The van der Waals surface area contributed by atoms with Crippen LogP contribution in [0.1, 0.15) is 79.6 Å². The Morgan fingerprint density at radius 3 is 2.30 bits per heavy atom. The third kappa shape index (κ3) is 9.85. The molecule has 0 bridgehead atoms. The van der Waals surface area contributed by atoms with Crippen molar-refractivity contribution in [3.05, 3.63) is 0 Å². The zero-order valence-electron chi connectivity index (χ0n) is 16.0. The third-order valence-corrected chi connectivity index (χ3v) is 4.45. The van der Waals surface area contributed by atoms with E-state index in [0.717, 1.165) is 39.0 Å². The molecule has 136 valence electrons. The standard InChI is InChI=1S/C19H38N2O2/c1-18(2,3)23-17(22)21-15-9-7-6-8-13-20-14-10-11-19(4,5)12-16-21/h20H,6-16H2,1-5H3. The molecule has 1 rings (SSSR count). The molecule has 0 unspecified atom stereocenters. The third-order valence-electron chi connectivity index (χ3n) is 4.45. The van der Waals surface area contributed by atoms with E-state index in [-0.39, 0.29) is 11.5 Å². The summed E-state index contributed by atoms with van der Waals surface area (Å²) in [4.78, 5) is 14.4. The minimum Gasteiger partial charge on any atom is -0.444 e. The lowest BCUT2D eigenvalue weighted by Gasteiger charge is -2.31. The number of hydrogen-bond donors (Lipinski definition) is 1. The average molecular weight is 327 g/mol. The van der Waals surface area contributed by atoms with Gasteiger partial charge in [0.2, 0.25) is 0 Å². The molecule has 0 aromatic rings. The number of amides is 1. The topological polar surface area (TPSA) is 41.6 Å². The van der Waals surface area contributed by atoms with Gasteiger partial charge in [-0.1, -0.05) is 26.7 Å². The largest absolute Gasteiger partial charge is 0.444 e. The summed E-state index contributed by atoms with van der Waals surface area (Å²) in [7, 11) is 0. The van der Waals surface area contributed by atoms with Crippen LogP contribution in [0.15, 0.2) is 0 Å². The Labute approximate surface area is 143 Å². The predicted molar refractivity (Wildman–Crippen MR) is 96.8 cm³/mol. The molecule has 0 atom stereocenters. The summed E-state index contributed by atoms with van der Waals surface area (Å²) in [6, 6.07) is 0. The lowest BCUT2D eigenvalue weighted by molar-refractivity contribution is 0.0224. The van der Waals surface area contributed by atoms with Gasteiger partial charge in [-0.3, -0.25) is 0 Å². The van der Waals surface area contributed by atoms with Crippen LogP contribution in [-0.2, 0) is 4.74 Å². The van der Waals surface area contributed by atoms with Gasteiger partial charge >= 0.3 is 6.09 Å². The van der Waals surface area contributed by atoms with E-state index in [1.54, 1.807) is 0 Å². The van der Waals surface area contributed by atoms with Gasteiger partial charge in [0.05, 0.1) is 0 Å². The number of rotatable bonds is 0. The van der Waals surface area contributed by atoms with E-state index in [0.29, 0.717) is 0 Å². The molecule has 0 saturated carbocycles. The summed E-state index contributed by atoms with van der Waals surface area (Å²) >= 11 is 0. The molecule has 4 nitrogen and oxygen atoms in total. The minimum absolute atomic E-state index is 0.151. The molecule has 1 aliphatic rings. The lowest BCUT2D eigenvalue weighted by atomic mass is 9.84. The fourth-order valence-electron chi connectivity index (χ4n) is 2.91. The van der Waals surface area contributed by atoms with E-state index >= 15 is 0 Å². The maximum absolute atomic E-state index is 12.5. The Morgan fingerprint density at radius 1 is 0.957 bits per heavy atom. The van der Waals surface area contributed by atoms with Gasteiger partial charge in [-0.15, -0.1) is 0 Å². The molecule has 1 aliphatic heterocycles. The second kappa shape index (κ2) is 9.51. The van der Waals surface area contributed by atoms with E-state index in [4.69, 9.17) is 4.74 Å². The summed E-state index contributed by atoms with van der Waals surface area (Å²) in [6.45, 7) is 14.3. The zero-order valence-corrected chi connectivity index (χ0v) is 16.0. The lowest BCUT2D eigenvalue weighted by Crippen LogP contribution is -2.39. The zero-order chi connectivity index (χ0) is 17.3. The van der Waals surface area contributed by atoms with Crippen molar-refractivity contribution in [2.24, 2.45) is 5.41 Å². The van der Waals surface area contributed by atoms with Crippen molar-refractivity contribution in [3.8, 4) is 0 Å². The molecule has 1 amide bonds. The summed E-state index contributed by atoms with van der Waals surface area (Å²) in [5.74, 6) is 0. The summed E-state index contributed by atoms with van der Waals surface area (Å²) in [5, 5.41) is 3.55. The van der Waals surface area contributed by atoms with Crippen LogP contribution in [-0.4, -0.2) is 42.8 Å². The second-order valence-electron chi connectivity index (χ2n) is 8.65. The first-order valence-corrected chi connectivity index (χ1v) is 9.38. The minimum atomic E-state index is -0.419. The number of nitrogens with one attached hydrogen (secondary N) is 1. The Kier molecular flexibility index (Phi) is 8.38. The van der Waals surface area contributed by atoms with Gasteiger partial charge < -0.3 is 15.0 Å². The molecule has 0 radical (unpaired) electrons. The van der Waals surface area contributed by atoms with Gasteiger partial charge in [0.1, 0.15) is 5.60 Å². The van der Waals surface area contributed by atoms with Gasteiger partial charge in [0, 0.05) is 13.1 Å². The first-order valence-electron chi connectivity index (χ1n) is 9.38. The van der Waals surface area contributed by atoms with Crippen molar-refractivity contribution >= 4 is 6.09 Å². The van der Waals surface area contributed by atoms with Crippen LogP contribution in [0.5, 0.6) is 0 Å². The van der Waals surface area contributed by atoms with E-state index in [9.17, 15) is 4.79 Å². The van der Waals surface area contributed by atoms with Gasteiger partial charge in [0.15, 0.2) is 0 Å². The van der Waals surface area contributed by atoms with Crippen LogP contribution in [0.4, 0.5) is 4.79 Å². The van der Waals surface area contributed by atoms with Crippen molar-refractivity contribution in [1.29, 1.82) is 0 Å². The molecule has 0 spiro atoms. The molecule has 0 aliphatic carbocycles. The summed E-state index contributed by atoms with van der Waals surface area (Å²) in [6.07, 6.45) is 8.01. The molecular weight excluding hydrogens is 288 g/mol. The van der Waals surface area contributed by atoms with Crippen LogP contribution in [0.2, 0.25) is 0 Å². The van der Waals surface area contributed by atoms with Crippen LogP contribution in [0.25, 0.3) is 0 Å². The number of hydrogen-bond acceptors (Lipinski definition) is 3.